The predicted molar refractivity (Wildman–Crippen MR) is 127 cm³/mol. The number of rotatable bonds is 7. The van der Waals surface area contributed by atoms with Gasteiger partial charge in [-0.25, -0.2) is 8.42 Å². The van der Waals surface area contributed by atoms with Crippen LogP contribution in [0.1, 0.15) is 51.8 Å². The van der Waals surface area contributed by atoms with Crippen LogP contribution in [-0.2, 0) is 43.0 Å². The van der Waals surface area contributed by atoms with E-state index < -0.39 is 10.0 Å². The fourth-order valence-electron chi connectivity index (χ4n) is 4.31. The highest BCUT2D eigenvalue weighted by Gasteiger charge is 2.33. The topological polar surface area (TPSA) is 84.3 Å². The molecule has 2 aromatic carbocycles. The van der Waals surface area contributed by atoms with E-state index in [1.54, 1.807) is 23.9 Å². The second-order valence-electron chi connectivity index (χ2n) is 8.55. The lowest BCUT2D eigenvalue weighted by Gasteiger charge is -2.27. The van der Waals surface area contributed by atoms with Crippen molar-refractivity contribution < 1.29 is 13.2 Å². The Morgan fingerprint density at radius 3 is 2.58 bits per heavy atom. The molecule has 1 aliphatic heterocycles. The number of carbonyl (C=O) groups is 1. The summed E-state index contributed by atoms with van der Waals surface area (Å²) in [5.41, 5.74) is 5.12. The van der Waals surface area contributed by atoms with Gasteiger partial charge in [0, 0.05) is 44.4 Å². The van der Waals surface area contributed by atoms with Crippen LogP contribution in [0.3, 0.4) is 0 Å². The Labute approximate surface area is 195 Å². The van der Waals surface area contributed by atoms with Gasteiger partial charge >= 0.3 is 0 Å². The molecule has 0 unspecified atom stereocenters. The third-order valence-corrected chi connectivity index (χ3v) is 7.92. The van der Waals surface area contributed by atoms with Crippen molar-refractivity contribution in [2.24, 2.45) is 7.05 Å². The number of aromatic nitrogens is 2. The first-order chi connectivity index (χ1) is 15.8. The summed E-state index contributed by atoms with van der Waals surface area (Å²) in [5, 5.41) is 7.35. The van der Waals surface area contributed by atoms with E-state index in [1.807, 2.05) is 43.3 Å². The van der Waals surface area contributed by atoms with Gasteiger partial charge in [0.1, 0.15) is 0 Å². The Hall–Kier alpha value is -2.97. The number of nitrogens with one attached hydrogen (secondary N) is 1. The van der Waals surface area contributed by atoms with Crippen molar-refractivity contribution in [1.29, 1.82) is 0 Å². The van der Waals surface area contributed by atoms with Crippen LogP contribution in [-0.4, -0.2) is 35.0 Å². The summed E-state index contributed by atoms with van der Waals surface area (Å²) in [7, 11) is -1.87. The van der Waals surface area contributed by atoms with E-state index in [1.165, 1.54) is 4.31 Å². The molecule has 3 aromatic rings. The van der Waals surface area contributed by atoms with E-state index in [-0.39, 0.29) is 17.3 Å². The van der Waals surface area contributed by atoms with Crippen LogP contribution in [0, 0.1) is 6.92 Å². The van der Waals surface area contributed by atoms with Gasteiger partial charge in [-0.05, 0) is 36.6 Å². The van der Waals surface area contributed by atoms with Crippen LogP contribution in [0.4, 0.5) is 0 Å². The minimum Gasteiger partial charge on any atom is -0.347 e. The Morgan fingerprint density at radius 2 is 1.88 bits per heavy atom. The molecule has 0 fully saturated rings. The lowest BCUT2D eigenvalue weighted by atomic mass is 10.1. The number of amides is 1. The van der Waals surface area contributed by atoms with E-state index in [0.29, 0.717) is 30.8 Å². The van der Waals surface area contributed by atoms with E-state index in [0.717, 1.165) is 35.2 Å². The average Bonchev–Trinajstić information content (AvgIpc) is 3.14. The maximum atomic E-state index is 13.3. The SMILES string of the molecule is CCCc1ccc(S(=O)(=O)N2CCc3c(c(C(=O)NCc4cccc(C)c4)nn3C)C2)cc1. The summed E-state index contributed by atoms with van der Waals surface area (Å²) in [6.45, 7) is 4.98. The minimum atomic E-state index is -3.67. The number of nitrogens with zero attached hydrogens (tertiary/aromatic N) is 3. The molecule has 0 atom stereocenters. The fraction of sp³-hybridized carbons (Fsp3) is 0.360. The van der Waals surface area contributed by atoms with E-state index in [2.05, 4.69) is 17.3 Å². The predicted octanol–water partition coefficient (Wildman–Crippen LogP) is 3.36. The normalized spacial score (nSPS) is 14.2. The molecule has 1 aromatic heterocycles. The maximum absolute atomic E-state index is 13.3. The standard InChI is InChI=1S/C25H30N4O3S/c1-4-6-19-9-11-21(12-10-19)33(31,32)29-14-13-23-22(17-29)24(27-28(23)3)25(30)26-16-20-8-5-7-18(2)15-20/h5,7-12,15H,4,6,13-14,16-17H2,1-3H3,(H,26,30). The molecule has 33 heavy (non-hydrogen) atoms. The molecule has 4 rings (SSSR count). The van der Waals surface area contributed by atoms with E-state index >= 15 is 0 Å². The number of fused-ring (bicyclic) bond motifs is 1. The van der Waals surface area contributed by atoms with Crippen molar-refractivity contribution in [3.63, 3.8) is 0 Å². The van der Waals surface area contributed by atoms with Gasteiger partial charge in [0.05, 0.1) is 4.90 Å². The second-order valence-corrected chi connectivity index (χ2v) is 10.5. The molecule has 7 nitrogen and oxygen atoms in total. The van der Waals surface area contributed by atoms with Gasteiger partial charge in [0.25, 0.3) is 5.91 Å². The van der Waals surface area contributed by atoms with Crippen LogP contribution in [0.15, 0.2) is 53.4 Å². The van der Waals surface area contributed by atoms with Crippen LogP contribution in [0.25, 0.3) is 0 Å². The Bertz CT molecular complexity index is 1260. The van der Waals surface area contributed by atoms with E-state index in [9.17, 15) is 13.2 Å². The number of sulfonamides is 1. The smallest absolute Gasteiger partial charge is 0.272 e. The summed E-state index contributed by atoms with van der Waals surface area (Å²) < 4.78 is 29.7. The minimum absolute atomic E-state index is 0.134. The largest absolute Gasteiger partial charge is 0.347 e. The Morgan fingerprint density at radius 1 is 1.12 bits per heavy atom. The van der Waals surface area contributed by atoms with Crippen LogP contribution < -0.4 is 5.32 Å². The zero-order valence-corrected chi connectivity index (χ0v) is 20.2. The highest BCUT2D eigenvalue weighted by molar-refractivity contribution is 7.89. The number of aryl methyl sites for hydroxylation is 3. The molecule has 2 heterocycles. The van der Waals surface area contributed by atoms with Gasteiger partial charge < -0.3 is 5.32 Å². The van der Waals surface area contributed by atoms with Gasteiger partial charge in [0.15, 0.2) is 5.69 Å². The first kappa shape index (κ1) is 23.2. The molecular formula is C25H30N4O3S. The second kappa shape index (κ2) is 9.49. The molecule has 0 spiro atoms. The number of carbonyl (C=O) groups excluding carboxylic acids is 1. The van der Waals surface area contributed by atoms with Gasteiger partial charge in [-0.3, -0.25) is 9.48 Å². The summed E-state index contributed by atoms with van der Waals surface area (Å²) in [6.07, 6.45) is 2.44. The molecule has 1 aliphatic rings. The zero-order valence-electron chi connectivity index (χ0n) is 19.3. The molecule has 0 saturated carbocycles. The molecular weight excluding hydrogens is 436 g/mol. The third kappa shape index (κ3) is 4.86. The lowest BCUT2D eigenvalue weighted by Crippen LogP contribution is -2.37. The van der Waals surface area contributed by atoms with Crippen LogP contribution in [0.5, 0.6) is 0 Å². The van der Waals surface area contributed by atoms with Gasteiger partial charge in [-0.1, -0.05) is 55.3 Å². The van der Waals surface area contributed by atoms with Crippen LogP contribution in [0.2, 0.25) is 0 Å². The Kier molecular flexibility index (Phi) is 6.67. The van der Waals surface area contributed by atoms with Crippen molar-refractivity contribution >= 4 is 15.9 Å². The maximum Gasteiger partial charge on any atom is 0.272 e. The van der Waals surface area contributed by atoms with Crippen molar-refractivity contribution in [2.75, 3.05) is 6.54 Å². The molecule has 8 heteroatoms. The first-order valence-corrected chi connectivity index (χ1v) is 12.7. The van der Waals surface area contributed by atoms with Gasteiger partial charge in [-0.15, -0.1) is 0 Å². The number of benzene rings is 2. The molecule has 174 valence electrons. The van der Waals surface area contributed by atoms with E-state index in [4.69, 9.17) is 0 Å². The summed E-state index contributed by atoms with van der Waals surface area (Å²) in [4.78, 5) is 13.2. The van der Waals surface area contributed by atoms with Crippen molar-refractivity contribution in [3.8, 4) is 0 Å². The van der Waals surface area contributed by atoms with Gasteiger partial charge in [-0.2, -0.15) is 9.40 Å². The molecule has 1 N–H and O–H groups in total. The van der Waals surface area contributed by atoms with Crippen molar-refractivity contribution in [1.82, 2.24) is 19.4 Å². The number of hydrogen-bond donors (Lipinski definition) is 1. The molecule has 0 bridgehead atoms. The monoisotopic (exact) mass is 466 g/mol. The van der Waals surface area contributed by atoms with Crippen molar-refractivity contribution in [3.05, 3.63) is 82.2 Å². The molecule has 1 amide bonds. The summed E-state index contributed by atoms with van der Waals surface area (Å²) in [5.74, 6) is -0.295. The zero-order chi connectivity index (χ0) is 23.6. The first-order valence-electron chi connectivity index (χ1n) is 11.3. The van der Waals surface area contributed by atoms with Crippen molar-refractivity contribution in [2.45, 2.75) is 51.1 Å². The molecule has 0 radical (unpaired) electrons. The Balaban J connectivity index is 1.53. The lowest BCUT2D eigenvalue weighted by molar-refractivity contribution is 0.0943. The fourth-order valence-corrected chi connectivity index (χ4v) is 5.72. The summed E-state index contributed by atoms with van der Waals surface area (Å²) >= 11 is 0. The third-order valence-electron chi connectivity index (χ3n) is 6.06. The van der Waals surface area contributed by atoms with Gasteiger partial charge in [0.2, 0.25) is 10.0 Å². The summed E-state index contributed by atoms with van der Waals surface area (Å²) in [6, 6.07) is 15.0. The molecule has 0 saturated heterocycles. The number of hydrogen-bond acceptors (Lipinski definition) is 4. The quantitative estimate of drug-likeness (QED) is 0.579. The highest BCUT2D eigenvalue weighted by Crippen LogP contribution is 2.27. The highest BCUT2D eigenvalue weighted by atomic mass is 32.2. The average molecular weight is 467 g/mol. The molecule has 0 aliphatic carbocycles. The van der Waals surface area contributed by atoms with Crippen LogP contribution >= 0.6 is 0 Å².